The Morgan fingerprint density at radius 2 is 0.567 bits per heavy atom. The number of unbranched alkanes of at least 4 members (excludes halogenated alkanes) is 10. The molecule has 0 aliphatic heterocycles. The highest BCUT2D eigenvalue weighted by Gasteiger charge is 2.19. The van der Waals surface area contributed by atoms with Gasteiger partial charge in [0.05, 0.1) is 0 Å². The summed E-state index contributed by atoms with van der Waals surface area (Å²) >= 11 is 0. The van der Waals surface area contributed by atoms with E-state index in [1.807, 2.05) is 12.2 Å². The molecule has 0 bridgehead atoms. The Bertz CT molecular complexity index is 1530. The summed E-state index contributed by atoms with van der Waals surface area (Å²) in [5, 5.41) is 0. The van der Waals surface area contributed by atoms with E-state index >= 15 is 0 Å². The van der Waals surface area contributed by atoms with Crippen molar-refractivity contribution in [1.82, 2.24) is 0 Å². The number of allylic oxidation sites excluding steroid dienone is 24. The molecule has 0 aromatic rings. The Morgan fingerprint density at radius 1 is 0.299 bits per heavy atom. The summed E-state index contributed by atoms with van der Waals surface area (Å²) in [5.74, 6) is -1.06. The van der Waals surface area contributed by atoms with Gasteiger partial charge < -0.3 is 14.2 Å². The van der Waals surface area contributed by atoms with Crippen molar-refractivity contribution in [2.75, 3.05) is 13.2 Å². The van der Waals surface area contributed by atoms with Crippen molar-refractivity contribution in [3.8, 4) is 0 Å². The van der Waals surface area contributed by atoms with Gasteiger partial charge in [-0.1, -0.05) is 205 Å². The minimum absolute atomic E-state index is 0.124. The second kappa shape index (κ2) is 53.9. The number of carbonyl (C=O) groups is 3. The fourth-order valence-corrected chi connectivity index (χ4v) is 6.49. The lowest BCUT2D eigenvalue weighted by Crippen LogP contribution is -2.30. The van der Waals surface area contributed by atoms with Gasteiger partial charge >= 0.3 is 17.9 Å². The predicted molar refractivity (Wildman–Crippen MR) is 288 cm³/mol. The van der Waals surface area contributed by atoms with Crippen LogP contribution in [0.4, 0.5) is 0 Å². The Morgan fingerprint density at radius 3 is 0.925 bits per heavy atom. The van der Waals surface area contributed by atoms with Gasteiger partial charge in [-0.2, -0.15) is 0 Å². The van der Waals surface area contributed by atoms with Crippen molar-refractivity contribution in [2.45, 2.75) is 207 Å². The molecule has 6 heteroatoms. The van der Waals surface area contributed by atoms with E-state index in [0.717, 1.165) is 154 Å². The summed E-state index contributed by atoms with van der Waals surface area (Å²) in [6.07, 6.45) is 77.0. The number of rotatable bonds is 45. The molecular formula is C61H94O6. The molecule has 374 valence electrons. The largest absolute Gasteiger partial charge is 0.462 e. The number of hydrogen-bond acceptors (Lipinski definition) is 6. The number of ether oxygens (including phenoxy) is 3. The Hall–Kier alpha value is -4.71. The van der Waals surface area contributed by atoms with Gasteiger partial charge in [0.15, 0.2) is 6.10 Å². The number of hydrogen-bond donors (Lipinski definition) is 0. The average Bonchev–Trinajstić information content (AvgIpc) is 3.33. The van der Waals surface area contributed by atoms with Crippen molar-refractivity contribution >= 4 is 17.9 Å². The minimum Gasteiger partial charge on any atom is -0.462 e. The standard InChI is InChI=1S/C61H94O6/c1-4-7-10-13-16-19-22-25-28-29-30-31-34-36-39-42-45-48-51-54-60(63)66-57-58(67-61(64)55-52-49-46-43-40-37-33-27-24-21-18-15-12-9-6-3)56-65-59(62)53-50-47-44-41-38-35-32-26-23-20-17-14-11-8-5-2/h7-12,16-21,25-28,30-33,36,39,45,48,58H,4-6,13-15,22-24,29,34-35,37-38,40-44,46-47,49-57H2,1-3H3/b10-7-,11-8-,12-9-,19-16-,20-17-,21-18-,28-25-,31-30-,32-26-,33-27-,39-36-,48-45-/t58-/m1/s1. The third kappa shape index (κ3) is 52.1. The van der Waals surface area contributed by atoms with Crippen LogP contribution < -0.4 is 0 Å². The highest BCUT2D eigenvalue weighted by Crippen LogP contribution is 2.12. The van der Waals surface area contributed by atoms with Gasteiger partial charge in [0.1, 0.15) is 13.2 Å². The number of carbonyl (C=O) groups excluding carboxylic acids is 3. The molecule has 0 spiro atoms. The van der Waals surface area contributed by atoms with Crippen LogP contribution >= 0.6 is 0 Å². The van der Waals surface area contributed by atoms with E-state index < -0.39 is 6.10 Å². The van der Waals surface area contributed by atoms with Gasteiger partial charge in [-0.05, 0) is 122 Å². The molecule has 0 fully saturated rings. The van der Waals surface area contributed by atoms with Crippen molar-refractivity contribution < 1.29 is 28.6 Å². The lowest BCUT2D eigenvalue weighted by molar-refractivity contribution is -0.166. The molecule has 0 amide bonds. The quantitative estimate of drug-likeness (QED) is 0.0262. The summed E-state index contributed by atoms with van der Waals surface area (Å²) in [6, 6.07) is 0. The van der Waals surface area contributed by atoms with Crippen LogP contribution in [0.25, 0.3) is 0 Å². The zero-order valence-electron chi connectivity index (χ0n) is 42.6. The van der Waals surface area contributed by atoms with Crippen molar-refractivity contribution in [3.63, 3.8) is 0 Å². The SMILES string of the molecule is CC/C=C\C/C=C\C/C=C\C/C=C\C/C=C\C/C=C\CCC(=O)OC[C@@H](COC(=O)CCCCCCC/C=C\C/C=C\C/C=C\CC)OC(=O)CCCCCCC/C=C\C/C=C\C/C=C\CC. The third-order valence-electron chi connectivity index (χ3n) is 10.3. The van der Waals surface area contributed by atoms with Crippen LogP contribution in [-0.2, 0) is 28.6 Å². The van der Waals surface area contributed by atoms with Crippen LogP contribution in [0.3, 0.4) is 0 Å². The maximum absolute atomic E-state index is 12.8. The van der Waals surface area contributed by atoms with Crippen molar-refractivity contribution in [2.24, 2.45) is 0 Å². The molecule has 0 saturated carbocycles. The first-order chi connectivity index (χ1) is 33.0. The molecule has 0 saturated heterocycles. The fraction of sp³-hybridized carbons (Fsp3) is 0.557. The van der Waals surface area contributed by atoms with Crippen molar-refractivity contribution in [3.05, 3.63) is 146 Å². The predicted octanol–water partition coefficient (Wildman–Crippen LogP) is 17.6. The van der Waals surface area contributed by atoms with Crippen LogP contribution in [0.5, 0.6) is 0 Å². The minimum atomic E-state index is -0.831. The Labute approximate surface area is 410 Å². The first kappa shape index (κ1) is 62.3. The fourth-order valence-electron chi connectivity index (χ4n) is 6.49. The van der Waals surface area contributed by atoms with E-state index in [9.17, 15) is 14.4 Å². The smallest absolute Gasteiger partial charge is 0.306 e. The van der Waals surface area contributed by atoms with Crippen LogP contribution in [0.1, 0.15) is 201 Å². The van der Waals surface area contributed by atoms with E-state index in [2.05, 4.69) is 154 Å². The summed E-state index contributed by atoms with van der Waals surface area (Å²) < 4.78 is 16.7. The van der Waals surface area contributed by atoms with Gasteiger partial charge in [0, 0.05) is 19.3 Å². The maximum atomic E-state index is 12.8. The molecule has 0 aromatic heterocycles. The summed E-state index contributed by atoms with van der Waals surface area (Å²) in [5.41, 5.74) is 0. The molecule has 0 aliphatic rings. The zero-order chi connectivity index (χ0) is 48.6. The van der Waals surface area contributed by atoms with Gasteiger partial charge in [0.25, 0.3) is 0 Å². The monoisotopic (exact) mass is 923 g/mol. The molecule has 0 N–H and O–H groups in total. The molecule has 6 nitrogen and oxygen atoms in total. The van der Waals surface area contributed by atoms with Gasteiger partial charge in [0.2, 0.25) is 0 Å². The first-order valence-corrected chi connectivity index (χ1v) is 26.3. The lowest BCUT2D eigenvalue weighted by Gasteiger charge is -2.18. The van der Waals surface area contributed by atoms with E-state index in [0.29, 0.717) is 12.8 Å². The summed E-state index contributed by atoms with van der Waals surface area (Å²) in [7, 11) is 0. The highest BCUT2D eigenvalue weighted by atomic mass is 16.6. The first-order valence-electron chi connectivity index (χ1n) is 26.3. The second-order valence-corrected chi connectivity index (χ2v) is 16.6. The van der Waals surface area contributed by atoms with Gasteiger partial charge in [-0.15, -0.1) is 0 Å². The normalized spacial score (nSPS) is 13.3. The van der Waals surface area contributed by atoms with E-state index in [4.69, 9.17) is 14.2 Å². The van der Waals surface area contributed by atoms with Crippen molar-refractivity contribution in [1.29, 1.82) is 0 Å². The molecular weight excluding hydrogens is 829 g/mol. The second-order valence-electron chi connectivity index (χ2n) is 16.6. The average molecular weight is 923 g/mol. The molecule has 1 atom stereocenters. The zero-order valence-corrected chi connectivity index (χ0v) is 42.6. The van der Waals surface area contributed by atoms with E-state index in [-0.39, 0.29) is 44.0 Å². The molecule has 67 heavy (non-hydrogen) atoms. The molecule has 0 aromatic carbocycles. The number of esters is 3. The molecule has 0 aliphatic carbocycles. The topological polar surface area (TPSA) is 78.9 Å². The highest BCUT2D eigenvalue weighted by molar-refractivity contribution is 5.71. The van der Waals surface area contributed by atoms with E-state index in [1.165, 1.54) is 0 Å². The maximum Gasteiger partial charge on any atom is 0.306 e. The summed E-state index contributed by atoms with van der Waals surface area (Å²) in [6.45, 7) is 6.18. The summed E-state index contributed by atoms with van der Waals surface area (Å²) in [4.78, 5) is 38.0. The molecule has 0 heterocycles. The third-order valence-corrected chi connectivity index (χ3v) is 10.3. The molecule has 0 radical (unpaired) electrons. The van der Waals surface area contributed by atoms with Crippen LogP contribution in [0, 0.1) is 0 Å². The van der Waals surface area contributed by atoms with E-state index in [1.54, 1.807) is 0 Å². The molecule has 0 unspecified atom stereocenters. The van der Waals surface area contributed by atoms with Crippen LogP contribution in [0.2, 0.25) is 0 Å². The Kier molecular flexibility index (Phi) is 50.1. The van der Waals surface area contributed by atoms with Crippen LogP contribution in [0.15, 0.2) is 146 Å². The van der Waals surface area contributed by atoms with Crippen LogP contribution in [-0.4, -0.2) is 37.2 Å². The van der Waals surface area contributed by atoms with Gasteiger partial charge in [-0.25, -0.2) is 0 Å². The lowest BCUT2D eigenvalue weighted by atomic mass is 10.1. The Balaban J connectivity index is 4.59. The molecule has 0 rings (SSSR count). The van der Waals surface area contributed by atoms with Gasteiger partial charge in [-0.3, -0.25) is 14.4 Å².